The lowest BCUT2D eigenvalue weighted by Gasteiger charge is -2.34. The average Bonchev–Trinajstić information content (AvgIpc) is 2.84. The molecule has 0 aromatic heterocycles. The molecule has 0 amide bonds. The zero-order valence-corrected chi connectivity index (χ0v) is 19.2. The van der Waals surface area contributed by atoms with Crippen molar-refractivity contribution in [1.29, 1.82) is 0 Å². The van der Waals surface area contributed by atoms with Crippen molar-refractivity contribution in [2.75, 3.05) is 0 Å². The number of aromatic hydroxyl groups is 7. The number of benzene rings is 3. The van der Waals surface area contributed by atoms with Crippen molar-refractivity contribution in [1.82, 2.24) is 0 Å². The van der Waals surface area contributed by atoms with E-state index in [0.717, 1.165) is 30.3 Å². The zero-order valence-electron chi connectivity index (χ0n) is 19.2. The Hall–Kier alpha value is -5.00. The van der Waals surface area contributed by atoms with Crippen LogP contribution in [0.1, 0.15) is 40.9 Å². The molecule has 0 fully saturated rings. The van der Waals surface area contributed by atoms with E-state index in [2.05, 4.69) is 0 Å². The van der Waals surface area contributed by atoms with Gasteiger partial charge in [-0.1, -0.05) is 6.92 Å². The normalized spacial score (nSPS) is 16.4. The number of esters is 2. The molecule has 0 radical (unpaired) electrons. The topological polar surface area (TPSA) is 203 Å². The van der Waals surface area contributed by atoms with E-state index in [-0.39, 0.29) is 46.8 Å². The van der Waals surface area contributed by atoms with Gasteiger partial charge in [0.1, 0.15) is 23.4 Å². The summed E-state index contributed by atoms with van der Waals surface area (Å²) in [6.45, 7) is 1.51. The molecule has 0 unspecified atom stereocenters. The van der Waals surface area contributed by atoms with Gasteiger partial charge in [-0.2, -0.15) is 0 Å². The number of hydrogen-bond acceptors (Lipinski definition) is 12. The summed E-state index contributed by atoms with van der Waals surface area (Å²) in [5, 5.41) is 70.1. The minimum atomic E-state index is -1.21. The molecule has 4 rings (SSSR count). The first-order valence-electron chi connectivity index (χ1n) is 10.9. The standard InChI is InChI=1S/C25H22O12/c1-2-21(32)37-24-17(30)5-11(6-18(24)31)25(34)36-20-9-13-14(27)7-12(26)8-19(13)35-23(20)10-3-15(28)22(33)16(29)4-10/h3-8,20,23,26-31,33H,2,9H2,1H3/t20-,23-/m1/s1. The molecule has 194 valence electrons. The number of ether oxygens (including phenoxy) is 3. The fourth-order valence-electron chi connectivity index (χ4n) is 3.84. The molecular weight excluding hydrogens is 492 g/mol. The fraction of sp³-hybridized carbons (Fsp3) is 0.200. The Labute approximate surface area is 208 Å². The summed E-state index contributed by atoms with van der Waals surface area (Å²) in [4.78, 5) is 24.5. The van der Waals surface area contributed by atoms with Gasteiger partial charge < -0.3 is 50.0 Å². The van der Waals surface area contributed by atoms with Crippen LogP contribution in [-0.4, -0.2) is 53.8 Å². The van der Waals surface area contributed by atoms with Gasteiger partial charge in [0.25, 0.3) is 0 Å². The van der Waals surface area contributed by atoms with E-state index in [1.165, 1.54) is 13.0 Å². The maximum Gasteiger partial charge on any atom is 0.338 e. The minimum absolute atomic E-state index is 0.0276. The van der Waals surface area contributed by atoms with E-state index in [4.69, 9.17) is 14.2 Å². The Balaban J connectivity index is 1.70. The minimum Gasteiger partial charge on any atom is -0.508 e. The molecule has 2 atom stereocenters. The van der Waals surface area contributed by atoms with Crippen molar-refractivity contribution in [3.63, 3.8) is 0 Å². The number of carbonyl (C=O) groups excluding carboxylic acids is 2. The molecule has 1 aliphatic heterocycles. The van der Waals surface area contributed by atoms with E-state index >= 15 is 0 Å². The summed E-state index contributed by atoms with van der Waals surface area (Å²) in [5.74, 6) is -6.46. The monoisotopic (exact) mass is 514 g/mol. The van der Waals surface area contributed by atoms with Gasteiger partial charge in [-0.15, -0.1) is 0 Å². The Morgan fingerprint density at radius 3 is 2.08 bits per heavy atom. The second-order valence-corrected chi connectivity index (χ2v) is 8.21. The largest absolute Gasteiger partial charge is 0.508 e. The first-order valence-corrected chi connectivity index (χ1v) is 10.9. The number of phenolic OH excluding ortho intramolecular Hbond substituents is 7. The highest BCUT2D eigenvalue weighted by molar-refractivity contribution is 5.91. The van der Waals surface area contributed by atoms with Crippen LogP contribution in [0.3, 0.4) is 0 Å². The van der Waals surface area contributed by atoms with Crippen LogP contribution in [0.4, 0.5) is 0 Å². The van der Waals surface area contributed by atoms with Crippen molar-refractivity contribution in [3.8, 4) is 51.7 Å². The molecule has 0 bridgehead atoms. The lowest BCUT2D eigenvalue weighted by molar-refractivity contribution is -0.134. The van der Waals surface area contributed by atoms with Crippen LogP contribution < -0.4 is 9.47 Å². The zero-order chi connectivity index (χ0) is 27.0. The van der Waals surface area contributed by atoms with E-state index < -0.39 is 58.6 Å². The maximum absolute atomic E-state index is 13.0. The molecule has 3 aromatic carbocycles. The quantitative estimate of drug-likeness (QED) is 0.149. The molecule has 0 spiro atoms. The lowest BCUT2D eigenvalue weighted by atomic mass is 9.93. The fourth-order valence-corrected chi connectivity index (χ4v) is 3.84. The predicted octanol–water partition coefficient (Wildman–Crippen LogP) is 2.84. The predicted molar refractivity (Wildman–Crippen MR) is 123 cm³/mol. The van der Waals surface area contributed by atoms with Crippen molar-refractivity contribution in [2.45, 2.75) is 32.0 Å². The highest BCUT2D eigenvalue weighted by Crippen LogP contribution is 2.46. The SMILES string of the molecule is CCC(=O)Oc1c(O)cc(C(=O)O[C@@H]2Cc3c(O)cc(O)cc3O[C@@H]2c2cc(O)c(O)c(O)c2)cc1O. The van der Waals surface area contributed by atoms with Crippen molar-refractivity contribution >= 4 is 11.9 Å². The summed E-state index contributed by atoms with van der Waals surface area (Å²) in [5.41, 5.74) is -0.0552. The third-order valence-corrected chi connectivity index (χ3v) is 5.64. The van der Waals surface area contributed by atoms with E-state index in [0.29, 0.717) is 0 Å². The molecule has 3 aromatic rings. The lowest BCUT2D eigenvalue weighted by Crippen LogP contribution is -2.34. The molecule has 1 heterocycles. The molecule has 0 saturated heterocycles. The molecule has 0 saturated carbocycles. The maximum atomic E-state index is 13.0. The van der Waals surface area contributed by atoms with Gasteiger partial charge in [-0.25, -0.2) is 4.79 Å². The van der Waals surface area contributed by atoms with Gasteiger partial charge in [0.15, 0.2) is 34.9 Å². The van der Waals surface area contributed by atoms with Crippen LogP contribution in [0.5, 0.6) is 51.7 Å². The first kappa shape index (κ1) is 25.1. The Morgan fingerprint density at radius 2 is 1.49 bits per heavy atom. The van der Waals surface area contributed by atoms with Gasteiger partial charge in [-0.05, 0) is 24.3 Å². The van der Waals surface area contributed by atoms with E-state index in [9.17, 15) is 45.3 Å². The second-order valence-electron chi connectivity index (χ2n) is 8.21. The first-order chi connectivity index (χ1) is 17.5. The van der Waals surface area contributed by atoms with Gasteiger partial charge in [0.05, 0.1) is 5.56 Å². The van der Waals surface area contributed by atoms with Crippen molar-refractivity contribution in [2.24, 2.45) is 0 Å². The Bertz CT molecular complexity index is 1350. The van der Waals surface area contributed by atoms with Crippen LogP contribution in [-0.2, 0) is 16.0 Å². The summed E-state index contributed by atoms with van der Waals surface area (Å²) in [6.07, 6.45) is -2.59. The molecule has 1 aliphatic rings. The van der Waals surface area contributed by atoms with Crippen molar-refractivity contribution < 1.29 is 59.5 Å². The van der Waals surface area contributed by atoms with Gasteiger partial charge in [0, 0.05) is 36.1 Å². The van der Waals surface area contributed by atoms with Crippen LogP contribution in [0.2, 0.25) is 0 Å². The van der Waals surface area contributed by atoms with Crippen molar-refractivity contribution in [3.05, 3.63) is 53.1 Å². The summed E-state index contributed by atoms with van der Waals surface area (Å²) in [6, 6.07) is 6.26. The van der Waals surface area contributed by atoms with Gasteiger partial charge in [-0.3, -0.25) is 4.79 Å². The average molecular weight is 514 g/mol. The van der Waals surface area contributed by atoms with Crippen LogP contribution in [0.25, 0.3) is 0 Å². The number of fused-ring (bicyclic) bond motifs is 1. The highest BCUT2D eigenvalue weighted by Gasteiger charge is 2.37. The molecule has 37 heavy (non-hydrogen) atoms. The van der Waals surface area contributed by atoms with E-state index in [1.807, 2.05) is 0 Å². The molecule has 0 aliphatic carbocycles. The Morgan fingerprint density at radius 1 is 0.865 bits per heavy atom. The Kier molecular flexibility index (Phi) is 6.49. The van der Waals surface area contributed by atoms with Crippen LogP contribution in [0, 0.1) is 0 Å². The summed E-state index contributed by atoms with van der Waals surface area (Å²) in [7, 11) is 0. The second kappa shape index (κ2) is 9.57. The smallest absolute Gasteiger partial charge is 0.338 e. The van der Waals surface area contributed by atoms with Crippen LogP contribution in [0.15, 0.2) is 36.4 Å². The van der Waals surface area contributed by atoms with Gasteiger partial charge >= 0.3 is 11.9 Å². The third-order valence-electron chi connectivity index (χ3n) is 5.64. The van der Waals surface area contributed by atoms with Crippen LogP contribution >= 0.6 is 0 Å². The highest BCUT2D eigenvalue weighted by atomic mass is 16.6. The molecule has 12 heteroatoms. The van der Waals surface area contributed by atoms with E-state index in [1.54, 1.807) is 0 Å². The third kappa shape index (κ3) is 4.89. The van der Waals surface area contributed by atoms with Gasteiger partial charge in [0.2, 0.25) is 5.75 Å². The number of phenols is 7. The number of carbonyl (C=O) groups is 2. The number of rotatable bonds is 5. The summed E-state index contributed by atoms with van der Waals surface area (Å²) >= 11 is 0. The summed E-state index contributed by atoms with van der Waals surface area (Å²) < 4.78 is 16.3. The number of hydrogen-bond donors (Lipinski definition) is 7. The molecule has 12 nitrogen and oxygen atoms in total. The molecule has 7 N–H and O–H groups in total. The molecular formula is C25H22O12.